The molecule has 3 heterocycles. The molecule has 2 aromatic heterocycles. The molecule has 0 aliphatic carbocycles. The van der Waals surface area contributed by atoms with Crippen molar-refractivity contribution in [3.8, 4) is 0 Å². The number of likely N-dealkylation sites (N-methyl/N-ethyl adjacent to an activating group) is 1. The van der Waals surface area contributed by atoms with E-state index in [9.17, 15) is 13.2 Å². The Bertz CT molecular complexity index is 1140. The molecule has 0 amide bonds. The van der Waals surface area contributed by atoms with Crippen molar-refractivity contribution in [3.63, 3.8) is 0 Å². The van der Waals surface area contributed by atoms with E-state index in [0.29, 0.717) is 22.8 Å². The highest BCUT2D eigenvalue weighted by atomic mass is 19.4. The lowest BCUT2D eigenvalue weighted by Gasteiger charge is -2.33. The number of hydrogen-bond acceptors (Lipinski definition) is 8. The molecule has 1 atom stereocenters. The van der Waals surface area contributed by atoms with Crippen molar-refractivity contribution in [1.29, 1.82) is 0 Å². The first-order valence-corrected chi connectivity index (χ1v) is 10.7. The lowest BCUT2D eigenvalue weighted by atomic mass is 10.0. The first kappa shape index (κ1) is 22.8. The number of halogens is 3. The number of hydrogen-bond donors (Lipinski definition) is 3. The minimum Gasteiger partial charge on any atom is -0.399 e. The molecule has 1 unspecified atom stereocenters. The van der Waals surface area contributed by atoms with Gasteiger partial charge in [-0.1, -0.05) is 0 Å². The molecule has 176 valence electrons. The number of pyridine rings is 1. The normalized spacial score (nSPS) is 16.1. The van der Waals surface area contributed by atoms with Crippen molar-refractivity contribution in [2.45, 2.75) is 19.1 Å². The number of nitrogens with two attached hydrogens (primary N) is 1. The molecule has 1 saturated heterocycles. The number of fused-ring (bicyclic) bond motifs is 1. The monoisotopic (exact) mass is 460 g/mol. The second-order valence-electron chi connectivity index (χ2n) is 8.25. The van der Waals surface area contributed by atoms with Crippen LogP contribution in [0, 0.1) is 0 Å². The van der Waals surface area contributed by atoms with Gasteiger partial charge in [0.25, 0.3) is 0 Å². The Balaban J connectivity index is 1.70. The summed E-state index contributed by atoms with van der Waals surface area (Å²) in [4.78, 5) is 18.0. The lowest BCUT2D eigenvalue weighted by molar-refractivity contribution is -0.137. The van der Waals surface area contributed by atoms with Gasteiger partial charge in [0.05, 0.1) is 23.3 Å². The summed E-state index contributed by atoms with van der Waals surface area (Å²) in [5.74, 6) is 1.70. The maximum Gasteiger partial charge on any atom is 0.416 e. The van der Waals surface area contributed by atoms with Gasteiger partial charge in [-0.3, -0.25) is 0 Å². The standard InChI is InChI=1S/C22H27F3N8/c1-13(14-8-15(22(23,24)25)10-16(26)9-14)29-20-17-11-19(33-6-4-32(3)5-7-33)28-12-18(17)30-21(27-2)31-20/h8-13H,4-7,26H2,1-3H3,(H2,27,29,30,31). The SMILES string of the molecule is CNc1nc(NC(C)c2cc(N)cc(C(F)(F)F)c2)c2cc(N3CCN(C)CC3)ncc2n1. The van der Waals surface area contributed by atoms with Crippen molar-refractivity contribution < 1.29 is 13.2 Å². The lowest BCUT2D eigenvalue weighted by Crippen LogP contribution is -2.44. The highest BCUT2D eigenvalue weighted by Gasteiger charge is 2.31. The van der Waals surface area contributed by atoms with Gasteiger partial charge in [0, 0.05) is 44.3 Å². The van der Waals surface area contributed by atoms with Crippen LogP contribution in [0.25, 0.3) is 10.9 Å². The largest absolute Gasteiger partial charge is 0.416 e. The van der Waals surface area contributed by atoms with Crippen molar-refractivity contribution >= 4 is 34.2 Å². The summed E-state index contributed by atoms with van der Waals surface area (Å²) in [6.45, 7) is 5.35. The fourth-order valence-electron chi connectivity index (χ4n) is 3.83. The van der Waals surface area contributed by atoms with Crippen molar-refractivity contribution in [2.75, 3.05) is 61.5 Å². The van der Waals surface area contributed by atoms with Crippen molar-refractivity contribution in [3.05, 3.63) is 41.6 Å². The van der Waals surface area contributed by atoms with Crippen LogP contribution in [0.1, 0.15) is 24.1 Å². The second kappa shape index (κ2) is 8.89. The van der Waals surface area contributed by atoms with Crippen LogP contribution in [-0.2, 0) is 6.18 Å². The molecule has 1 fully saturated rings. The zero-order valence-corrected chi connectivity index (χ0v) is 18.7. The summed E-state index contributed by atoms with van der Waals surface area (Å²) >= 11 is 0. The van der Waals surface area contributed by atoms with Gasteiger partial charge < -0.3 is 26.2 Å². The molecule has 0 saturated carbocycles. The molecule has 0 bridgehead atoms. The van der Waals surface area contributed by atoms with E-state index in [4.69, 9.17) is 5.73 Å². The fourth-order valence-corrected chi connectivity index (χ4v) is 3.83. The van der Waals surface area contributed by atoms with E-state index in [1.807, 2.05) is 6.07 Å². The van der Waals surface area contributed by atoms with Crippen LogP contribution in [0.5, 0.6) is 0 Å². The molecule has 1 aromatic carbocycles. The summed E-state index contributed by atoms with van der Waals surface area (Å²) in [5, 5.41) is 6.91. The molecule has 1 aliphatic rings. The van der Waals surface area contributed by atoms with E-state index in [-0.39, 0.29) is 5.69 Å². The Morgan fingerprint density at radius 3 is 2.45 bits per heavy atom. The Labute approximate surface area is 190 Å². The molecule has 1 aliphatic heterocycles. The third kappa shape index (κ3) is 5.03. The Kier molecular flexibility index (Phi) is 6.15. The highest BCUT2D eigenvalue weighted by Crippen LogP contribution is 2.34. The van der Waals surface area contributed by atoms with E-state index in [0.717, 1.165) is 49.5 Å². The van der Waals surface area contributed by atoms with Gasteiger partial charge in [0.2, 0.25) is 5.95 Å². The molecule has 4 N–H and O–H groups in total. The van der Waals surface area contributed by atoms with Gasteiger partial charge in [0.1, 0.15) is 11.6 Å². The maximum atomic E-state index is 13.3. The molecule has 4 rings (SSSR count). The average Bonchev–Trinajstić information content (AvgIpc) is 2.78. The molecule has 3 aromatic rings. The number of anilines is 4. The molecular formula is C22H27F3N8. The van der Waals surface area contributed by atoms with E-state index in [2.05, 4.69) is 42.4 Å². The van der Waals surface area contributed by atoms with Crippen LogP contribution >= 0.6 is 0 Å². The molecule has 0 spiro atoms. The number of rotatable bonds is 5. The second-order valence-corrected chi connectivity index (χ2v) is 8.25. The molecule has 11 heteroatoms. The Morgan fingerprint density at radius 2 is 1.79 bits per heavy atom. The summed E-state index contributed by atoms with van der Waals surface area (Å²) in [6.07, 6.45) is -2.78. The van der Waals surface area contributed by atoms with Crippen LogP contribution in [0.15, 0.2) is 30.5 Å². The maximum absolute atomic E-state index is 13.3. The highest BCUT2D eigenvalue weighted by molar-refractivity contribution is 5.91. The first-order valence-electron chi connectivity index (χ1n) is 10.7. The first-order chi connectivity index (χ1) is 15.6. The molecule has 0 radical (unpaired) electrons. The number of alkyl halides is 3. The summed E-state index contributed by atoms with van der Waals surface area (Å²) < 4.78 is 39.8. The predicted molar refractivity (Wildman–Crippen MR) is 124 cm³/mol. The Hall–Kier alpha value is -3.34. The fraction of sp³-hybridized carbons (Fsp3) is 0.409. The van der Waals surface area contributed by atoms with Crippen LogP contribution in [0.2, 0.25) is 0 Å². The van der Waals surface area contributed by atoms with Gasteiger partial charge in [0.15, 0.2) is 0 Å². The minimum absolute atomic E-state index is 0.0542. The topological polar surface area (TPSA) is 95.2 Å². The van der Waals surface area contributed by atoms with Crippen LogP contribution in [0.4, 0.5) is 36.4 Å². The van der Waals surface area contributed by atoms with Gasteiger partial charge in [-0.05, 0) is 43.8 Å². The van der Waals surface area contributed by atoms with E-state index >= 15 is 0 Å². The van der Waals surface area contributed by atoms with E-state index in [1.165, 1.54) is 6.07 Å². The van der Waals surface area contributed by atoms with E-state index in [1.54, 1.807) is 20.2 Å². The third-order valence-electron chi connectivity index (χ3n) is 5.78. The number of nitrogen functional groups attached to an aromatic ring is 1. The number of nitrogens with zero attached hydrogens (tertiary/aromatic N) is 5. The quantitative estimate of drug-likeness (QED) is 0.498. The van der Waals surface area contributed by atoms with Gasteiger partial charge >= 0.3 is 6.18 Å². The zero-order valence-electron chi connectivity index (χ0n) is 18.7. The van der Waals surface area contributed by atoms with Crippen LogP contribution in [0.3, 0.4) is 0 Å². The van der Waals surface area contributed by atoms with Crippen LogP contribution in [-0.4, -0.2) is 60.1 Å². The van der Waals surface area contributed by atoms with E-state index < -0.39 is 17.8 Å². The Morgan fingerprint density at radius 1 is 1.06 bits per heavy atom. The summed E-state index contributed by atoms with van der Waals surface area (Å²) in [6, 6.07) is 5.01. The van der Waals surface area contributed by atoms with Gasteiger partial charge in [-0.25, -0.2) is 9.97 Å². The molecule has 33 heavy (non-hydrogen) atoms. The summed E-state index contributed by atoms with van der Waals surface area (Å²) in [5.41, 5.74) is 6.07. The predicted octanol–water partition coefficient (Wildman–Crippen LogP) is 3.59. The molecular weight excluding hydrogens is 433 g/mol. The third-order valence-corrected chi connectivity index (χ3v) is 5.78. The summed E-state index contributed by atoms with van der Waals surface area (Å²) in [7, 11) is 3.79. The number of aromatic nitrogens is 3. The number of piperazine rings is 1. The minimum atomic E-state index is -4.48. The zero-order chi connectivity index (χ0) is 23.8. The molecule has 8 nitrogen and oxygen atoms in total. The number of benzene rings is 1. The van der Waals surface area contributed by atoms with Gasteiger partial charge in [-0.15, -0.1) is 0 Å². The smallest absolute Gasteiger partial charge is 0.399 e. The van der Waals surface area contributed by atoms with Crippen molar-refractivity contribution in [1.82, 2.24) is 19.9 Å². The van der Waals surface area contributed by atoms with Crippen molar-refractivity contribution in [2.24, 2.45) is 0 Å². The van der Waals surface area contributed by atoms with Crippen LogP contribution < -0.4 is 21.3 Å². The average molecular weight is 461 g/mol. The van der Waals surface area contributed by atoms with Gasteiger partial charge in [-0.2, -0.15) is 18.2 Å². The number of nitrogens with one attached hydrogen (secondary N) is 2.